The maximum atomic E-state index is 12.8. The minimum Gasteiger partial charge on any atom is -0.465 e. The van der Waals surface area contributed by atoms with Crippen LogP contribution in [0.4, 0.5) is 0 Å². The Morgan fingerprint density at radius 2 is 2.17 bits per heavy atom. The van der Waals surface area contributed by atoms with Crippen molar-refractivity contribution in [2.75, 3.05) is 20.3 Å². The third kappa shape index (κ3) is 2.59. The monoisotopic (exact) mass is 340 g/mol. The van der Waals surface area contributed by atoms with E-state index in [0.29, 0.717) is 32.3 Å². The molecule has 0 bridgehead atoms. The number of esters is 1. The van der Waals surface area contributed by atoms with E-state index in [1.54, 1.807) is 0 Å². The molecule has 6 heteroatoms. The molecule has 2 N–H and O–H groups in total. The van der Waals surface area contributed by atoms with E-state index in [2.05, 4.69) is 0 Å². The summed E-state index contributed by atoms with van der Waals surface area (Å²) < 4.78 is 10.5. The van der Waals surface area contributed by atoms with Gasteiger partial charge in [0.05, 0.1) is 13.7 Å². The van der Waals surface area contributed by atoms with Crippen molar-refractivity contribution in [3.63, 3.8) is 0 Å². The predicted molar refractivity (Wildman–Crippen MR) is 84.8 cm³/mol. The molecule has 2 aliphatic carbocycles. The summed E-state index contributed by atoms with van der Waals surface area (Å²) in [5.41, 5.74) is -0.307. The van der Waals surface area contributed by atoms with Crippen molar-refractivity contribution in [1.29, 1.82) is 0 Å². The molecule has 3 rings (SSSR count). The Kier molecular flexibility index (Phi) is 5.00. The molecular weight excluding hydrogens is 312 g/mol. The number of unbranched alkanes of at least 4 members (excludes halogenated alkanes) is 1. The highest BCUT2D eigenvalue weighted by Crippen LogP contribution is 2.62. The van der Waals surface area contributed by atoms with Gasteiger partial charge in [0.1, 0.15) is 5.78 Å². The molecule has 24 heavy (non-hydrogen) atoms. The van der Waals surface area contributed by atoms with Gasteiger partial charge in [-0.25, -0.2) is 4.79 Å². The van der Waals surface area contributed by atoms with Gasteiger partial charge in [0, 0.05) is 30.3 Å². The first-order valence-corrected chi connectivity index (χ1v) is 9.08. The topological polar surface area (TPSA) is 93.1 Å². The lowest BCUT2D eigenvalue weighted by Gasteiger charge is -2.51. The van der Waals surface area contributed by atoms with E-state index in [1.807, 2.05) is 0 Å². The number of aliphatic hydroxyl groups is 2. The van der Waals surface area contributed by atoms with Crippen molar-refractivity contribution < 1.29 is 29.3 Å². The quantitative estimate of drug-likeness (QED) is 0.581. The predicted octanol–water partition coefficient (Wildman–Crippen LogP) is 1.42. The van der Waals surface area contributed by atoms with Crippen LogP contribution in [0.2, 0.25) is 0 Å². The fraction of sp³-hybridized carbons (Fsp3) is 0.889. The number of carbonyl (C=O) groups is 2. The summed E-state index contributed by atoms with van der Waals surface area (Å²) in [4.78, 5) is 25.1. The van der Waals surface area contributed by atoms with Crippen molar-refractivity contribution in [3.8, 4) is 0 Å². The summed E-state index contributed by atoms with van der Waals surface area (Å²) in [6.07, 6.45) is 6.34. The molecule has 0 aromatic carbocycles. The number of hydrogen-bond acceptors (Lipinski definition) is 6. The van der Waals surface area contributed by atoms with Gasteiger partial charge in [-0.2, -0.15) is 0 Å². The lowest BCUT2D eigenvalue weighted by Crippen LogP contribution is -2.58. The molecule has 0 aromatic heterocycles. The summed E-state index contributed by atoms with van der Waals surface area (Å²) in [5, 5.41) is 20.1. The Hall–Kier alpha value is -0.980. The number of carbonyl (C=O) groups excluding carboxylic acids is 2. The normalized spacial score (nSPS) is 41.6. The summed E-state index contributed by atoms with van der Waals surface area (Å²) in [5.74, 6) is -3.47. The van der Waals surface area contributed by atoms with Crippen LogP contribution in [-0.4, -0.2) is 48.1 Å². The average Bonchev–Trinajstić information content (AvgIpc) is 2.89. The minimum atomic E-state index is -2.02. The molecule has 0 amide bonds. The first kappa shape index (κ1) is 17.8. The van der Waals surface area contributed by atoms with Crippen molar-refractivity contribution in [3.05, 3.63) is 0 Å². The van der Waals surface area contributed by atoms with Crippen LogP contribution in [-0.2, 0) is 19.1 Å². The van der Waals surface area contributed by atoms with E-state index in [4.69, 9.17) is 14.6 Å². The molecule has 0 unspecified atom stereocenters. The Balaban J connectivity index is 1.97. The number of rotatable bonds is 5. The average molecular weight is 340 g/mol. The van der Waals surface area contributed by atoms with Crippen LogP contribution in [0.5, 0.6) is 0 Å². The van der Waals surface area contributed by atoms with E-state index >= 15 is 0 Å². The van der Waals surface area contributed by atoms with Gasteiger partial charge in [0.25, 0.3) is 5.79 Å². The fourth-order valence-corrected chi connectivity index (χ4v) is 5.44. The van der Waals surface area contributed by atoms with Crippen LogP contribution < -0.4 is 0 Å². The van der Waals surface area contributed by atoms with Crippen molar-refractivity contribution in [1.82, 2.24) is 0 Å². The summed E-state index contributed by atoms with van der Waals surface area (Å²) in [6.45, 7) is 0.398. The lowest BCUT2D eigenvalue weighted by molar-refractivity contribution is -0.230. The number of ether oxygens (including phenoxy) is 2. The molecule has 2 saturated carbocycles. The molecule has 5 atom stereocenters. The molecule has 1 heterocycles. The second-order valence-corrected chi connectivity index (χ2v) is 7.63. The van der Waals surface area contributed by atoms with E-state index in [0.717, 1.165) is 25.7 Å². The Morgan fingerprint density at radius 3 is 2.88 bits per heavy atom. The zero-order chi connectivity index (χ0) is 17.4. The molecule has 0 aromatic rings. The molecule has 1 aliphatic heterocycles. The summed E-state index contributed by atoms with van der Waals surface area (Å²) in [6, 6.07) is 0. The molecule has 6 nitrogen and oxygen atoms in total. The van der Waals surface area contributed by atoms with Gasteiger partial charge < -0.3 is 19.7 Å². The zero-order valence-electron chi connectivity index (χ0n) is 14.3. The second kappa shape index (κ2) is 6.73. The Bertz CT molecular complexity index is 506. The smallest absolute Gasteiger partial charge is 0.366 e. The number of aliphatic hydroxyl groups excluding tert-OH is 1. The molecule has 136 valence electrons. The van der Waals surface area contributed by atoms with E-state index in [1.165, 1.54) is 7.11 Å². The first-order chi connectivity index (χ1) is 11.5. The van der Waals surface area contributed by atoms with Gasteiger partial charge in [-0.1, -0.05) is 19.3 Å². The molecular formula is C18H28O6. The van der Waals surface area contributed by atoms with Crippen molar-refractivity contribution in [2.45, 2.75) is 57.2 Å². The van der Waals surface area contributed by atoms with Gasteiger partial charge in [-0.3, -0.25) is 4.79 Å². The Labute approximate surface area is 142 Å². The maximum absolute atomic E-state index is 12.8. The Morgan fingerprint density at radius 1 is 1.38 bits per heavy atom. The maximum Gasteiger partial charge on any atom is 0.366 e. The van der Waals surface area contributed by atoms with Gasteiger partial charge in [0.15, 0.2) is 0 Å². The van der Waals surface area contributed by atoms with Crippen LogP contribution in [0.3, 0.4) is 0 Å². The van der Waals surface area contributed by atoms with Crippen molar-refractivity contribution >= 4 is 11.8 Å². The van der Waals surface area contributed by atoms with Crippen LogP contribution >= 0.6 is 0 Å². The third-order valence-corrected chi connectivity index (χ3v) is 6.52. The van der Waals surface area contributed by atoms with E-state index < -0.39 is 23.6 Å². The van der Waals surface area contributed by atoms with Crippen LogP contribution in [0.15, 0.2) is 0 Å². The SMILES string of the molecule is COC(=O)[C@]1(O)OC[C@@]23CCCC[C@H]2CC(=O)[C@H](CCCCO)[C@H]31. The lowest BCUT2D eigenvalue weighted by atomic mass is 9.50. The highest BCUT2D eigenvalue weighted by molar-refractivity contribution is 5.86. The van der Waals surface area contributed by atoms with Crippen LogP contribution in [0, 0.1) is 23.2 Å². The number of hydrogen-bond donors (Lipinski definition) is 2. The first-order valence-electron chi connectivity index (χ1n) is 9.08. The highest BCUT2D eigenvalue weighted by atomic mass is 16.7. The van der Waals surface area contributed by atoms with Crippen molar-refractivity contribution in [2.24, 2.45) is 23.2 Å². The van der Waals surface area contributed by atoms with Gasteiger partial charge in [0.2, 0.25) is 0 Å². The van der Waals surface area contributed by atoms with E-state index in [9.17, 15) is 14.7 Å². The minimum absolute atomic E-state index is 0.0805. The molecule has 0 radical (unpaired) electrons. The third-order valence-electron chi connectivity index (χ3n) is 6.52. The molecule has 1 saturated heterocycles. The summed E-state index contributed by atoms with van der Waals surface area (Å²) in [7, 11) is 1.23. The molecule has 3 aliphatic rings. The van der Waals surface area contributed by atoms with Gasteiger partial charge in [-0.05, 0) is 31.6 Å². The van der Waals surface area contributed by atoms with Gasteiger partial charge >= 0.3 is 5.97 Å². The summed E-state index contributed by atoms with van der Waals surface area (Å²) >= 11 is 0. The number of ketones is 1. The number of Topliss-reactive ketones (excluding diaryl/α,β-unsaturated/α-hetero) is 1. The number of methoxy groups -OCH3 is 1. The van der Waals surface area contributed by atoms with Crippen LogP contribution in [0.25, 0.3) is 0 Å². The fourth-order valence-electron chi connectivity index (χ4n) is 5.44. The standard InChI is InChI=1S/C18H28O6/c1-23-16(21)18(22)15-13(7-3-5-9-19)14(20)10-12-6-2-4-8-17(12,15)11-24-18/h12-13,15,19,22H,2-11H2,1H3/t12-,13-,15+,17-,18+/m0/s1. The second-order valence-electron chi connectivity index (χ2n) is 7.63. The highest BCUT2D eigenvalue weighted by Gasteiger charge is 2.69. The van der Waals surface area contributed by atoms with Crippen LogP contribution in [0.1, 0.15) is 51.4 Å². The molecule has 3 fully saturated rings. The largest absolute Gasteiger partial charge is 0.465 e. The zero-order valence-corrected chi connectivity index (χ0v) is 14.3. The molecule has 1 spiro atoms. The van der Waals surface area contributed by atoms with E-state index in [-0.39, 0.29) is 23.7 Å². The van der Waals surface area contributed by atoms with Gasteiger partial charge in [-0.15, -0.1) is 0 Å².